The maximum absolute atomic E-state index is 12.4. The van der Waals surface area contributed by atoms with Gasteiger partial charge in [0.2, 0.25) is 5.78 Å². The molecule has 1 aromatic heterocycles. The summed E-state index contributed by atoms with van der Waals surface area (Å²) in [6.07, 6.45) is 2.71. The number of nitrogens with zero attached hydrogens (tertiary/aromatic N) is 1. The van der Waals surface area contributed by atoms with Crippen molar-refractivity contribution >= 4 is 35.5 Å². The molecule has 1 unspecified atom stereocenters. The summed E-state index contributed by atoms with van der Waals surface area (Å²) in [5.74, 6) is -0.725. The number of piperidine rings is 1. The molecule has 0 amide bonds. The van der Waals surface area contributed by atoms with E-state index in [1.54, 1.807) is 0 Å². The lowest BCUT2D eigenvalue weighted by Crippen LogP contribution is -2.43. The van der Waals surface area contributed by atoms with Crippen LogP contribution in [0.3, 0.4) is 0 Å². The van der Waals surface area contributed by atoms with Crippen LogP contribution in [-0.4, -0.2) is 34.3 Å². The van der Waals surface area contributed by atoms with Crippen molar-refractivity contribution in [3.8, 4) is 0 Å². The number of rotatable bonds is 5. The smallest absolute Gasteiger partial charge is 0.320 e. The van der Waals surface area contributed by atoms with E-state index in [4.69, 9.17) is 0 Å². The molecule has 1 aromatic carbocycles. The van der Waals surface area contributed by atoms with Crippen molar-refractivity contribution in [3.63, 3.8) is 0 Å². The Morgan fingerprint density at radius 1 is 1.12 bits per heavy atom. The fourth-order valence-electron chi connectivity index (χ4n) is 2.98. The molecule has 1 N–H and O–H groups in total. The second-order valence-electron chi connectivity index (χ2n) is 5.78. The molecule has 24 heavy (non-hydrogen) atoms. The number of carbonyl (C=O) groups is 2. The lowest BCUT2D eigenvalue weighted by atomic mass is 10.0. The number of aliphatic carboxylic acids is 1. The van der Waals surface area contributed by atoms with Gasteiger partial charge in [-0.05, 0) is 31.5 Å². The molecule has 1 fully saturated rings. The molecular formula is C18H20ClNO3S. The van der Waals surface area contributed by atoms with Crippen molar-refractivity contribution < 1.29 is 14.7 Å². The van der Waals surface area contributed by atoms with E-state index in [0.717, 1.165) is 24.3 Å². The largest absolute Gasteiger partial charge is 0.480 e. The normalized spacial score (nSPS) is 17.9. The minimum atomic E-state index is -0.748. The van der Waals surface area contributed by atoms with Crippen molar-refractivity contribution in [1.29, 1.82) is 0 Å². The number of carbonyl (C=O) groups excluding carboxylic acids is 1. The fraction of sp³-hybridized carbons (Fsp3) is 0.333. The molecule has 1 saturated heterocycles. The van der Waals surface area contributed by atoms with Crippen LogP contribution in [0, 0.1) is 0 Å². The quantitative estimate of drug-likeness (QED) is 0.818. The number of halogens is 1. The maximum atomic E-state index is 12.4. The van der Waals surface area contributed by atoms with Gasteiger partial charge >= 0.3 is 5.97 Å². The number of carboxylic acids is 1. The predicted molar refractivity (Wildman–Crippen MR) is 97.1 cm³/mol. The topological polar surface area (TPSA) is 57.6 Å². The number of hydrogen-bond donors (Lipinski definition) is 1. The second-order valence-corrected chi connectivity index (χ2v) is 6.95. The monoisotopic (exact) mass is 365 g/mol. The van der Waals surface area contributed by atoms with Gasteiger partial charge in [0, 0.05) is 17.0 Å². The highest BCUT2D eigenvalue weighted by Gasteiger charge is 2.28. The lowest BCUT2D eigenvalue weighted by Gasteiger charge is -2.32. The Bertz CT molecular complexity index is 701. The van der Waals surface area contributed by atoms with Gasteiger partial charge in [-0.25, -0.2) is 0 Å². The molecule has 6 heteroatoms. The average Bonchev–Trinajstić information content (AvgIpc) is 3.04. The van der Waals surface area contributed by atoms with Crippen molar-refractivity contribution in [2.75, 3.05) is 6.54 Å². The summed E-state index contributed by atoms with van der Waals surface area (Å²) in [7, 11) is 0. The number of benzene rings is 1. The van der Waals surface area contributed by atoms with Gasteiger partial charge in [0.25, 0.3) is 0 Å². The van der Waals surface area contributed by atoms with Crippen LogP contribution in [0.4, 0.5) is 0 Å². The third-order valence-corrected chi connectivity index (χ3v) is 5.25. The molecule has 128 valence electrons. The number of thiophene rings is 1. The molecule has 1 aliphatic heterocycles. The van der Waals surface area contributed by atoms with Gasteiger partial charge in [0.05, 0.1) is 4.88 Å². The summed E-state index contributed by atoms with van der Waals surface area (Å²) in [5.41, 5.74) is 0.683. The molecule has 0 saturated carbocycles. The molecule has 0 spiro atoms. The third kappa shape index (κ3) is 4.23. The lowest BCUT2D eigenvalue weighted by molar-refractivity contribution is -0.144. The minimum absolute atomic E-state index is 0. The van der Waals surface area contributed by atoms with E-state index in [2.05, 4.69) is 0 Å². The molecule has 1 aliphatic rings. The molecule has 3 rings (SSSR count). The van der Waals surface area contributed by atoms with Crippen LogP contribution in [0.5, 0.6) is 0 Å². The SMILES string of the molecule is Cl.O=C(c1ccccc1)c1ccc(CN2CCCCC2C(=O)O)s1. The van der Waals surface area contributed by atoms with Crippen molar-refractivity contribution in [1.82, 2.24) is 4.90 Å². The Morgan fingerprint density at radius 2 is 1.88 bits per heavy atom. The van der Waals surface area contributed by atoms with Crippen LogP contribution in [0.15, 0.2) is 42.5 Å². The molecule has 2 aromatic rings. The Kier molecular flexibility index (Phi) is 6.54. The standard InChI is InChI=1S/C18H19NO3S.ClH/c20-17(13-6-2-1-3-7-13)16-10-9-14(23-16)12-19-11-5-4-8-15(19)18(21)22;/h1-3,6-7,9-10,15H,4-5,8,11-12H2,(H,21,22);1H. The van der Waals surface area contributed by atoms with E-state index in [-0.39, 0.29) is 18.2 Å². The summed E-state index contributed by atoms with van der Waals surface area (Å²) in [5, 5.41) is 9.34. The molecule has 4 nitrogen and oxygen atoms in total. The Labute approximate surface area is 151 Å². The predicted octanol–water partition coefficient (Wildman–Crippen LogP) is 3.84. The van der Waals surface area contributed by atoms with Crippen LogP contribution >= 0.6 is 23.7 Å². The molecule has 0 radical (unpaired) electrons. The van der Waals surface area contributed by atoms with Gasteiger partial charge in [0.15, 0.2) is 0 Å². The van der Waals surface area contributed by atoms with E-state index in [0.29, 0.717) is 23.4 Å². The minimum Gasteiger partial charge on any atom is -0.480 e. The van der Waals surface area contributed by atoms with Crippen LogP contribution in [0.1, 0.15) is 39.4 Å². The van der Waals surface area contributed by atoms with E-state index < -0.39 is 12.0 Å². The number of likely N-dealkylation sites (tertiary alicyclic amines) is 1. The number of ketones is 1. The van der Waals surface area contributed by atoms with Gasteiger partial charge in [-0.3, -0.25) is 14.5 Å². The zero-order valence-corrected chi connectivity index (χ0v) is 14.8. The van der Waals surface area contributed by atoms with Gasteiger partial charge in [-0.2, -0.15) is 0 Å². The molecule has 2 heterocycles. The highest BCUT2D eigenvalue weighted by molar-refractivity contribution is 7.14. The second kappa shape index (κ2) is 8.42. The highest BCUT2D eigenvalue weighted by Crippen LogP contribution is 2.25. The van der Waals surface area contributed by atoms with Crippen molar-refractivity contribution in [2.45, 2.75) is 31.8 Å². The molecular weight excluding hydrogens is 346 g/mol. The average molecular weight is 366 g/mol. The van der Waals surface area contributed by atoms with Crippen LogP contribution in [0.25, 0.3) is 0 Å². The zero-order valence-electron chi connectivity index (χ0n) is 13.2. The van der Waals surface area contributed by atoms with Crippen LogP contribution in [0.2, 0.25) is 0 Å². The first-order valence-corrected chi connectivity index (χ1v) is 8.62. The summed E-state index contributed by atoms with van der Waals surface area (Å²) in [4.78, 5) is 27.5. The van der Waals surface area contributed by atoms with Crippen LogP contribution in [-0.2, 0) is 11.3 Å². The molecule has 0 bridgehead atoms. The van der Waals surface area contributed by atoms with E-state index >= 15 is 0 Å². The van der Waals surface area contributed by atoms with Crippen molar-refractivity contribution in [2.24, 2.45) is 0 Å². The Balaban J connectivity index is 0.00000208. The number of hydrogen-bond acceptors (Lipinski definition) is 4. The van der Waals surface area contributed by atoms with E-state index in [9.17, 15) is 14.7 Å². The molecule has 1 atom stereocenters. The summed E-state index contributed by atoms with van der Waals surface area (Å²) < 4.78 is 0. The first-order valence-electron chi connectivity index (χ1n) is 7.80. The van der Waals surface area contributed by atoms with Crippen molar-refractivity contribution in [3.05, 3.63) is 57.8 Å². The van der Waals surface area contributed by atoms with E-state index in [1.165, 1.54) is 11.3 Å². The first kappa shape index (κ1) is 18.6. The number of carboxylic acid groups (broad SMARTS) is 1. The van der Waals surface area contributed by atoms with Gasteiger partial charge < -0.3 is 5.11 Å². The van der Waals surface area contributed by atoms with Gasteiger partial charge in [-0.15, -0.1) is 23.7 Å². The highest BCUT2D eigenvalue weighted by atomic mass is 35.5. The third-order valence-electron chi connectivity index (χ3n) is 4.18. The summed E-state index contributed by atoms with van der Waals surface area (Å²) >= 11 is 1.46. The Morgan fingerprint density at radius 3 is 2.58 bits per heavy atom. The molecule has 0 aliphatic carbocycles. The first-order chi connectivity index (χ1) is 11.1. The van der Waals surface area contributed by atoms with Crippen LogP contribution < -0.4 is 0 Å². The summed E-state index contributed by atoms with van der Waals surface area (Å²) in [6, 6.07) is 12.6. The zero-order chi connectivity index (χ0) is 16.2. The Hall–Kier alpha value is -1.69. The van der Waals surface area contributed by atoms with Gasteiger partial charge in [-0.1, -0.05) is 36.8 Å². The van der Waals surface area contributed by atoms with Gasteiger partial charge in [0.1, 0.15) is 6.04 Å². The maximum Gasteiger partial charge on any atom is 0.320 e. The van der Waals surface area contributed by atoms with E-state index in [1.807, 2.05) is 47.4 Å². The fourth-order valence-corrected chi connectivity index (χ4v) is 3.97. The summed E-state index contributed by atoms with van der Waals surface area (Å²) in [6.45, 7) is 1.40.